The molecule has 0 spiro atoms. The zero-order valence-electron chi connectivity index (χ0n) is 16.2. The van der Waals surface area contributed by atoms with Gasteiger partial charge in [0.1, 0.15) is 12.4 Å². The van der Waals surface area contributed by atoms with Gasteiger partial charge in [0, 0.05) is 12.5 Å². The molecule has 0 unspecified atom stereocenters. The number of aryl methyl sites for hydroxylation is 2. The number of nitrogens with zero attached hydrogens (tertiary/aromatic N) is 3. The summed E-state index contributed by atoms with van der Waals surface area (Å²) in [5, 5.41) is 11.0. The average Bonchev–Trinajstić information content (AvgIpc) is 3.26. The highest BCUT2D eigenvalue weighted by atomic mass is 16.5. The van der Waals surface area contributed by atoms with E-state index in [1.807, 2.05) is 45.9 Å². The number of methoxy groups -OCH3 is 1. The molecule has 3 aromatic rings. The van der Waals surface area contributed by atoms with Crippen LogP contribution in [0.5, 0.6) is 11.5 Å². The Balaban J connectivity index is 1.64. The summed E-state index contributed by atoms with van der Waals surface area (Å²) >= 11 is 0. The number of ether oxygens (including phenoxy) is 2. The maximum Gasteiger partial charge on any atom is 0.321 e. The molecule has 2 aromatic heterocycles. The van der Waals surface area contributed by atoms with E-state index in [9.17, 15) is 0 Å². The molecular weight excluding hydrogens is 348 g/mol. The molecule has 1 N–H and O–H groups in total. The second-order valence-electron chi connectivity index (χ2n) is 6.54. The van der Waals surface area contributed by atoms with Crippen LogP contribution in [-0.2, 0) is 13.2 Å². The summed E-state index contributed by atoms with van der Waals surface area (Å²) < 4.78 is 21.7. The summed E-state index contributed by atoms with van der Waals surface area (Å²) in [5.41, 5.74) is 2.77. The predicted molar refractivity (Wildman–Crippen MR) is 99.0 cm³/mol. The summed E-state index contributed by atoms with van der Waals surface area (Å²) in [7, 11) is 1.61. The van der Waals surface area contributed by atoms with Crippen LogP contribution < -0.4 is 14.8 Å². The van der Waals surface area contributed by atoms with Gasteiger partial charge < -0.3 is 23.8 Å². The largest absolute Gasteiger partial charge is 0.493 e. The van der Waals surface area contributed by atoms with Crippen molar-refractivity contribution < 1.29 is 18.5 Å². The van der Waals surface area contributed by atoms with Crippen molar-refractivity contribution in [3.63, 3.8) is 0 Å². The van der Waals surface area contributed by atoms with Crippen LogP contribution in [0, 0.1) is 13.8 Å². The molecule has 0 radical (unpaired) electrons. The van der Waals surface area contributed by atoms with Gasteiger partial charge in [-0.05, 0) is 31.5 Å². The van der Waals surface area contributed by atoms with Gasteiger partial charge in [-0.25, -0.2) is 0 Å². The van der Waals surface area contributed by atoms with Crippen LogP contribution in [0.1, 0.15) is 48.2 Å². The highest BCUT2D eigenvalue weighted by Crippen LogP contribution is 2.30. The third kappa shape index (κ3) is 4.39. The first-order valence-corrected chi connectivity index (χ1v) is 8.77. The van der Waals surface area contributed by atoms with E-state index in [1.165, 1.54) is 0 Å². The molecule has 0 atom stereocenters. The molecule has 0 aliphatic carbocycles. The Morgan fingerprint density at radius 2 is 1.93 bits per heavy atom. The lowest BCUT2D eigenvalue weighted by Crippen LogP contribution is -2.03. The average molecular weight is 372 g/mol. The predicted octanol–water partition coefficient (Wildman–Crippen LogP) is 4.00. The van der Waals surface area contributed by atoms with E-state index < -0.39 is 0 Å². The zero-order chi connectivity index (χ0) is 19.4. The molecule has 0 saturated carbocycles. The Kier molecular flexibility index (Phi) is 5.63. The van der Waals surface area contributed by atoms with Crippen molar-refractivity contribution in [2.75, 3.05) is 12.4 Å². The van der Waals surface area contributed by atoms with Crippen LogP contribution in [0.2, 0.25) is 0 Å². The maximum atomic E-state index is 5.90. The number of anilines is 1. The highest BCUT2D eigenvalue weighted by molar-refractivity contribution is 5.44. The number of benzene rings is 1. The van der Waals surface area contributed by atoms with Crippen molar-refractivity contribution >= 4 is 6.01 Å². The van der Waals surface area contributed by atoms with E-state index in [0.717, 1.165) is 22.6 Å². The topological polar surface area (TPSA) is 95.4 Å². The zero-order valence-corrected chi connectivity index (χ0v) is 16.2. The fourth-order valence-corrected chi connectivity index (χ4v) is 2.52. The van der Waals surface area contributed by atoms with Gasteiger partial charge in [-0.3, -0.25) is 0 Å². The van der Waals surface area contributed by atoms with Gasteiger partial charge in [0.25, 0.3) is 0 Å². The summed E-state index contributed by atoms with van der Waals surface area (Å²) in [6.45, 7) is 8.69. The lowest BCUT2D eigenvalue weighted by molar-refractivity contribution is 0.281. The molecule has 0 fully saturated rings. The molecule has 0 amide bonds. The van der Waals surface area contributed by atoms with Gasteiger partial charge >= 0.3 is 6.01 Å². The first kappa shape index (κ1) is 18.8. The van der Waals surface area contributed by atoms with Crippen molar-refractivity contribution in [1.29, 1.82) is 0 Å². The fraction of sp³-hybridized carbons (Fsp3) is 0.421. The first-order valence-electron chi connectivity index (χ1n) is 8.77. The van der Waals surface area contributed by atoms with Crippen molar-refractivity contribution in [1.82, 2.24) is 15.3 Å². The normalized spacial score (nSPS) is 11.0. The van der Waals surface area contributed by atoms with Gasteiger partial charge in [-0.1, -0.05) is 30.2 Å². The molecule has 8 nitrogen and oxygen atoms in total. The second-order valence-corrected chi connectivity index (χ2v) is 6.54. The molecule has 27 heavy (non-hydrogen) atoms. The minimum absolute atomic E-state index is 0.221. The van der Waals surface area contributed by atoms with E-state index in [0.29, 0.717) is 36.5 Å². The number of aromatic nitrogens is 3. The molecule has 1 aromatic carbocycles. The van der Waals surface area contributed by atoms with Crippen molar-refractivity contribution in [2.45, 2.75) is 46.8 Å². The smallest absolute Gasteiger partial charge is 0.321 e. The van der Waals surface area contributed by atoms with E-state index in [2.05, 4.69) is 20.6 Å². The minimum atomic E-state index is 0.221. The quantitative estimate of drug-likeness (QED) is 0.634. The molecule has 0 saturated heterocycles. The summed E-state index contributed by atoms with van der Waals surface area (Å²) in [4.78, 5) is 4.30. The number of hydrogen-bond acceptors (Lipinski definition) is 8. The van der Waals surface area contributed by atoms with Gasteiger partial charge in [0.05, 0.1) is 18.4 Å². The molecule has 2 heterocycles. The maximum absolute atomic E-state index is 5.90. The van der Waals surface area contributed by atoms with Crippen LogP contribution in [0.15, 0.2) is 27.2 Å². The Hall–Kier alpha value is -3.03. The van der Waals surface area contributed by atoms with Gasteiger partial charge in [0.2, 0.25) is 0 Å². The lowest BCUT2D eigenvalue weighted by Gasteiger charge is -2.12. The molecule has 8 heteroatoms. The fourth-order valence-electron chi connectivity index (χ4n) is 2.52. The van der Waals surface area contributed by atoms with Crippen LogP contribution in [-0.4, -0.2) is 22.4 Å². The standard InChI is InChI=1S/C19H24N4O4/c1-11(2)18-21-19(27-23-18)20-9-14-6-7-16(17(8-14)24-5)25-10-15-12(3)22-26-13(15)4/h6-8,11H,9-10H2,1-5H3,(H,20,21,23). The van der Waals surface area contributed by atoms with Crippen molar-refractivity contribution in [3.05, 3.63) is 46.6 Å². The molecule has 0 bridgehead atoms. The van der Waals surface area contributed by atoms with E-state index in [4.69, 9.17) is 18.5 Å². The number of rotatable bonds is 8. The van der Waals surface area contributed by atoms with Crippen LogP contribution in [0.25, 0.3) is 0 Å². The molecular formula is C19H24N4O4. The van der Waals surface area contributed by atoms with Gasteiger partial charge in [-0.15, -0.1) is 0 Å². The van der Waals surface area contributed by atoms with E-state index >= 15 is 0 Å². The van der Waals surface area contributed by atoms with Gasteiger partial charge in [-0.2, -0.15) is 4.98 Å². The summed E-state index contributed by atoms with van der Waals surface area (Å²) in [5.74, 6) is 2.96. The molecule has 0 aliphatic heterocycles. The highest BCUT2D eigenvalue weighted by Gasteiger charge is 2.13. The van der Waals surface area contributed by atoms with Crippen molar-refractivity contribution in [2.24, 2.45) is 0 Å². The van der Waals surface area contributed by atoms with E-state index in [1.54, 1.807) is 7.11 Å². The van der Waals surface area contributed by atoms with Crippen LogP contribution >= 0.6 is 0 Å². The molecule has 144 valence electrons. The monoisotopic (exact) mass is 372 g/mol. The Morgan fingerprint density at radius 3 is 2.56 bits per heavy atom. The first-order chi connectivity index (χ1) is 13.0. The van der Waals surface area contributed by atoms with Crippen LogP contribution in [0.4, 0.5) is 6.01 Å². The second kappa shape index (κ2) is 8.11. The Labute approximate surface area is 157 Å². The number of nitrogens with one attached hydrogen (secondary N) is 1. The Morgan fingerprint density at radius 1 is 1.11 bits per heavy atom. The third-order valence-corrected chi connectivity index (χ3v) is 4.18. The lowest BCUT2D eigenvalue weighted by atomic mass is 10.2. The van der Waals surface area contributed by atoms with Crippen LogP contribution in [0.3, 0.4) is 0 Å². The Bertz CT molecular complexity index is 882. The SMILES string of the molecule is COc1cc(CNc2nc(C(C)C)no2)ccc1OCc1c(C)noc1C. The minimum Gasteiger partial charge on any atom is -0.493 e. The molecule has 3 rings (SSSR count). The summed E-state index contributed by atoms with van der Waals surface area (Å²) in [6.07, 6.45) is 0. The third-order valence-electron chi connectivity index (χ3n) is 4.18. The molecule has 0 aliphatic rings. The number of hydrogen-bond donors (Lipinski definition) is 1. The van der Waals surface area contributed by atoms with E-state index in [-0.39, 0.29) is 5.92 Å². The van der Waals surface area contributed by atoms with Gasteiger partial charge in [0.15, 0.2) is 17.3 Å². The summed E-state index contributed by atoms with van der Waals surface area (Å²) in [6, 6.07) is 6.14. The van der Waals surface area contributed by atoms with Crippen molar-refractivity contribution in [3.8, 4) is 11.5 Å².